The Morgan fingerprint density at radius 3 is 2.21 bits per heavy atom. The molecule has 1 nitrogen and oxygen atoms in total. The van der Waals surface area contributed by atoms with Gasteiger partial charge in [0.05, 0.1) is 0 Å². The van der Waals surface area contributed by atoms with Gasteiger partial charge in [-0.05, 0) is 17.8 Å². The van der Waals surface area contributed by atoms with Crippen molar-refractivity contribution in [3.8, 4) is 0 Å². The van der Waals surface area contributed by atoms with E-state index >= 15 is 0 Å². The minimum absolute atomic E-state index is 0.301. The van der Waals surface area contributed by atoms with Gasteiger partial charge >= 0.3 is 0 Å². The maximum Gasteiger partial charge on any atom is 0.163 e. The van der Waals surface area contributed by atoms with Gasteiger partial charge in [0.15, 0.2) is 5.78 Å². The Balaban J connectivity index is 0.000000379. The number of fused-ring (bicyclic) bond motifs is 1. The number of benzene rings is 1. The van der Waals surface area contributed by atoms with Crippen LogP contribution in [0.1, 0.15) is 36.2 Å². The minimum atomic E-state index is 0.301. The summed E-state index contributed by atoms with van der Waals surface area (Å²) in [6.07, 6.45) is 1.65. The third-order valence-corrected chi connectivity index (χ3v) is 1.94. The molecule has 2 heteroatoms. The van der Waals surface area contributed by atoms with E-state index in [9.17, 15) is 4.79 Å². The summed E-state index contributed by atoms with van der Waals surface area (Å²) < 4.78 is 0. The van der Waals surface area contributed by atoms with Gasteiger partial charge in [0, 0.05) is 12.0 Å². The van der Waals surface area contributed by atoms with E-state index in [0.29, 0.717) is 12.2 Å². The molecule has 1 aliphatic carbocycles. The van der Waals surface area contributed by atoms with E-state index in [1.807, 2.05) is 43.9 Å². The predicted octanol–water partition coefficient (Wildman–Crippen LogP) is 3.85. The van der Waals surface area contributed by atoms with E-state index in [1.165, 1.54) is 5.56 Å². The fourth-order valence-corrected chi connectivity index (χ4v) is 1.39. The Morgan fingerprint density at radius 1 is 1.07 bits per heavy atom. The molecule has 0 aromatic heterocycles. The molecule has 0 atom stereocenters. The van der Waals surface area contributed by atoms with Crippen LogP contribution in [-0.4, -0.2) is 11.6 Å². The van der Waals surface area contributed by atoms with Gasteiger partial charge in [0.2, 0.25) is 0 Å². The van der Waals surface area contributed by atoms with Crippen LogP contribution in [0.15, 0.2) is 24.3 Å². The topological polar surface area (TPSA) is 17.1 Å². The molecule has 0 aliphatic heterocycles. The number of rotatable bonds is 0. The van der Waals surface area contributed by atoms with Crippen LogP contribution in [0.2, 0.25) is 0 Å². The zero-order valence-electron chi connectivity index (χ0n) is 9.01. The molecule has 0 fully saturated rings. The van der Waals surface area contributed by atoms with Crippen LogP contribution in [0.4, 0.5) is 0 Å². The van der Waals surface area contributed by atoms with E-state index in [1.54, 1.807) is 0 Å². The molecule has 1 aromatic rings. The standard InChI is InChI=1S/C9H8O.C2H6.CH3Br/c10-9-6-5-7-3-1-2-4-8(7)9;2*1-2/h1-4H,5-6H2;1-2H3;1H3. The Hall–Kier alpha value is -0.630. The van der Waals surface area contributed by atoms with E-state index < -0.39 is 0 Å². The molecule has 0 heterocycles. The third kappa shape index (κ3) is 3.26. The lowest BCUT2D eigenvalue weighted by Crippen LogP contribution is -1.88. The summed E-state index contributed by atoms with van der Waals surface area (Å²) in [5, 5.41) is 0. The first-order chi connectivity index (χ1) is 6.88. The van der Waals surface area contributed by atoms with Crippen molar-refractivity contribution in [3.05, 3.63) is 35.4 Å². The highest BCUT2D eigenvalue weighted by molar-refractivity contribution is 9.08. The van der Waals surface area contributed by atoms with Crippen LogP contribution in [0.5, 0.6) is 0 Å². The zero-order valence-corrected chi connectivity index (χ0v) is 10.6. The largest absolute Gasteiger partial charge is 0.294 e. The SMILES string of the molecule is CBr.CC.O=C1CCc2ccccc21. The van der Waals surface area contributed by atoms with Crippen molar-refractivity contribution in [1.29, 1.82) is 0 Å². The summed E-state index contributed by atoms with van der Waals surface area (Å²) in [6.45, 7) is 4.00. The summed E-state index contributed by atoms with van der Waals surface area (Å²) >= 11 is 2.94. The van der Waals surface area contributed by atoms with Crippen LogP contribution in [0.3, 0.4) is 0 Å². The third-order valence-electron chi connectivity index (χ3n) is 1.94. The first-order valence-corrected chi connectivity index (χ1v) is 6.45. The average molecular weight is 257 g/mol. The summed E-state index contributed by atoms with van der Waals surface area (Å²) in [6, 6.07) is 7.84. The molecule has 0 radical (unpaired) electrons. The highest BCUT2D eigenvalue weighted by Crippen LogP contribution is 2.20. The van der Waals surface area contributed by atoms with Crippen molar-refractivity contribution in [2.45, 2.75) is 26.7 Å². The van der Waals surface area contributed by atoms with Crippen LogP contribution < -0.4 is 0 Å². The number of hydrogen-bond donors (Lipinski definition) is 0. The van der Waals surface area contributed by atoms with Gasteiger partial charge in [0.25, 0.3) is 0 Å². The number of carbonyl (C=O) groups excluding carboxylic acids is 1. The maximum atomic E-state index is 11.1. The minimum Gasteiger partial charge on any atom is -0.294 e. The first kappa shape index (κ1) is 13.4. The predicted molar refractivity (Wildman–Crippen MR) is 65.3 cm³/mol. The lowest BCUT2D eigenvalue weighted by atomic mass is 10.1. The highest BCUT2D eigenvalue weighted by Gasteiger charge is 2.17. The second-order valence-corrected chi connectivity index (χ2v) is 2.58. The Kier molecular flexibility index (Phi) is 7.40. The fourth-order valence-electron chi connectivity index (χ4n) is 1.39. The molecule has 0 spiro atoms. The molecule has 0 N–H and O–H groups in total. The lowest BCUT2D eigenvalue weighted by Gasteiger charge is -1.92. The van der Waals surface area contributed by atoms with Crippen molar-refractivity contribution in [3.63, 3.8) is 0 Å². The number of alkyl halides is 1. The Morgan fingerprint density at radius 2 is 1.64 bits per heavy atom. The molecule has 0 amide bonds. The summed E-state index contributed by atoms with van der Waals surface area (Å²) in [5.41, 5.74) is 2.15. The summed E-state index contributed by atoms with van der Waals surface area (Å²) in [4.78, 5) is 11.1. The maximum absolute atomic E-state index is 11.1. The lowest BCUT2D eigenvalue weighted by molar-refractivity contribution is 0.0994. The van der Waals surface area contributed by atoms with Crippen molar-refractivity contribution in [2.75, 3.05) is 5.83 Å². The van der Waals surface area contributed by atoms with Gasteiger partial charge in [-0.25, -0.2) is 0 Å². The van der Waals surface area contributed by atoms with Crippen molar-refractivity contribution < 1.29 is 4.79 Å². The van der Waals surface area contributed by atoms with Gasteiger partial charge in [-0.2, -0.15) is 0 Å². The molecule has 2 rings (SSSR count). The Bertz CT molecular complexity index is 281. The summed E-state index contributed by atoms with van der Waals surface area (Å²) in [5.74, 6) is 2.11. The Labute approximate surface area is 94.7 Å². The normalized spacial score (nSPS) is 11.9. The molecule has 0 saturated heterocycles. The molecular weight excluding hydrogens is 240 g/mol. The molecule has 0 saturated carbocycles. The molecule has 0 unspecified atom stereocenters. The van der Waals surface area contributed by atoms with Crippen LogP contribution in [-0.2, 0) is 6.42 Å². The molecule has 0 bridgehead atoms. The first-order valence-electron chi connectivity index (χ1n) is 4.87. The number of ketones is 1. The number of Topliss-reactive ketones (excluding diaryl/α,β-unsaturated/α-hetero) is 1. The number of halogens is 1. The van der Waals surface area contributed by atoms with Crippen LogP contribution in [0, 0.1) is 0 Å². The van der Waals surface area contributed by atoms with Gasteiger partial charge in [0.1, 0.15) is 0 Å². The molecular formula is C12H17BrO. The van der Waals surface area contributed by atoms with Gasteiger partial charge < -0.3 is 0 Å². The van der Waals surface area contributed by atoms with Crippen molar-refractivity contribution in [1.82, 2.24) is 0 Å². The van der Waals surface area contributed by atoms with Gasteiger partial charge in [-0.15, -0.1) is 0 Å². The molecule has 14 heavy (non-hydrogen) atoms. The second kappa shape index (κ2) is 7.74. The number of carbonyl (C=O) groups is 1. The molecule has 1 aromatic carbocycles. The van der Waals surface area contributed by atoms with Crippen LogP contribution in [0.25, 0.3) is 0 Å². The average Bonchev–Trinajstić information content (AvgIpc) is 2.67. The smallest absolute Gasteiger partial charge is 0.163 e. The van der Waals surface area contributed by atoms with Gasteiger partial charge in [-0.1, -0.05) is 54.0 Å². The fraction of sp³-hybridized carbons (Fsp3) is 0.417. The van der Waals surface area contributed by atoms with E-state index in [4.69, 9.17) is 0 Å². The van der Waals surface area contributed by atoms with Crippen LogP contribution >= 0.6 is 15.9 Å². The van der Waals surface area contributed by atoms with Gasteiger partial charge in [-0.3, -0.25) is 4.79 Å². The van der Waals surface area contributed by atoms with Crippen molar-refractivity contribution >= 4 is 21.7 Å². The summed E-state index contributed by atoms with van der Waals surface area (Å²) in [7, 11) is 0. The highest BCUT2D eigenvalue weighted by atomic mass is 79.9. The quantitative estimate of drug-likeness (QED) is 0.645. The van der Waals surface area contributed by atoms with E-state index in [2.05, 4.69) is 15.9 Å². The number of hydrogen-bond acceptors (Lipinski definition) is 1. The number of aryl methyl sites for hydroxylation is 1. The zero-order chi connectivity index (χ0) is 11.0. The molecule has 1 aliphatic rings. The molecule has 78 valence electrons. The van der Waals surface area contributed by atoms with E-state index in [0.717, 1.165) is 12.0 Å². The monoisotopic (exact) mass is 256 g/mol. The second-order valence-electron chi connectivity index (χ2n) is 2.58. The van der Waals surface area contributed by atoms with E-state index in [-0.39, 0.29) is 0 Å². The van der Waals surface area contributed by atoms with Crippen molar-refractivity contribution in [2.24, 2.45) is 0 Å².